The Balaban J connectivity index is 1.83. The van der Waals surface area contributed by atoms with Crippen LogP contribution in [0.1, 0.15) is 51.4 Å². The van der Waals surface area contributed by atoms with Crippen molar-refractivity contribution < 1.29 is 5.11 Å². The van der Waals surface area contributed by atoms with E-state index in [0.29, 0.717) is 5.92 Å². The monoisotopic (exact) mass is 197 g/mol. The van der Waals surface area contributed by atoms with E-state index in [0.717, 1.165) is 18.3 Å². The average Bonchev–Trinajstić information content (AvgIpc) is 2.17. The molecule has 2 rings (SSSR count). The molecule has 82 valence electrons. The van der Waals surface area contributed by atoms with E-state index in [9.17, 15) is 5.11 Å². The lowest BCUT2D eigenvalue weighted by Gasteiger charge is -2.39. The van der Waals surface area contributed by atoms with Crippen LogP contribution in [0.5, 0.6) is 0 Å². The lowest BCUT2D eigenvalue weighted by Crippen LogP contribution is -2.31. The Kier molecular flexibility index (Phi) is 3.45. The Morgan fingerprint density at radius 2 is 1.79 bits per heavy atom. The number of fused-ring (bicyclic) bond motifs is 1. The van der Waals surface area contributed by atoms with E-state index in [1.54, 1.807) is 0 Å². The third kappa shape index (κ3) is 2.48. The fourth-order valence-electron chi connectivity index (χ4n) is 3.53. The zero-order chi connectivity index (χ0) is 9.97. The standard InChI is InChI=1S/C12H23NO/c13-12(14)8-9-5-6-10-3-1-2-4-11(10)7-9/h9-12,14H,1-8,13H2. The first-order chi connectivity index (χ1) is 6.75. The lowest BCUT2D eigenvalue weighted by atomic mass is 9.67. The van der Waals surface area contributed by atoms with Gasteiger partial charge >= 0.3 is 0 Å². The van der Waals surface area contributed by atoms with E-state index in [-0.39, 0.29) is 0 Å². The predicted octanol–water partition coefficient (Wildman–Crippen LogP) is 2.26. The molecule has 2 saturated carbocycles. The summed E-state index contributed by atoms with van der Waals surface area (Å²) in [6.45, 7) is 0. The number of hydrogen-bond donors (Lipinski definition) is 2. The molecule has 4 atom stereocenters. The van der Waals surface area contributed by atoms with Gasteiger partial charge in [0.2, 0.25) is 0 Å². The molecule has 2 nitrogen and oxygen atoms in total. The molecule has 0 aromatic carbocycles. The normalized spacial score (nSPS) is 40.3. The molecular weight excluding hydrogens is 174 g/mol. The zero-order valence-corrected chi connectivity index (χ0v) is 8.99. The summed E-state index contributed by atoms with van der Waals surface area (Å²) in [7, 11) is 0. The first-order valence-electron chi connectivity index (χ1n) is 6.19. The Labute approximate surface area is 86.9 Å². The molecule has 2 aliphatic carbocycles. The van der Waals surface area contributed by atoms with Crippen molar-refractivity contribution in [1.82, 2.24) is 0 Å². The van der Waals surface area contributed by atoms with Crippen molar-refractivity contribution in [3.8, 4) is 0 Å². The maximum Gasteiger partial charge on any atom is 0.102 e. The lowest BCUT2D eigenvalue weighted by molar-refractivity contribution is 0.0849. The second-order valence-corrected chi connectivity index (χ2v) is 5.29. The van der Waals surface area contributed by atoms with Gasteiger partial charge in [-0.2, -0.15) is 0 Å². The summed E-state index contributed by atoms with van der Waals surface area (Å²) in [6.07, 6.45) is 10.0. The molecule has 0 aromatic rings. The summed E-state index contributed by atoms with van der Waals surface area (Å²) >= 11 is 0. The van der Waals surface area contributed by atoms with Crippen LogP contribution in [0.3, 0.4) is 0 Å². The van der Waals surface area contributed by atoms with Crippen LogP contribution in [0.15, 0.2) is 0 Å². The van der Waals surface area contributed by atoms with Gasteiger partial charge in [-0.1, -0.05) is 32.1 Å². The quantitative estimate of drug-likeness (QED) is 0.667. The molecule has 2 heteroatoms. The Hall–Kier alpha value is -0.0800. The van der Waals surface area contributed by atoms with Crippen LogP contribution in [0, 0.1) is 17.8 Å². The van der Waals surface area contributed by atoms with Gasteiger partial charge in [-0.15, -0.1) is 0 Å². The minimum Gasteiger partial charge on any atom is -0.379 e. The van der Waals surface area contributed by atoms with Crippen molar-refractivity contribution in [3.63, 3.8) is 0 Å². The summed E-state index contributed by atoms with van der Waals surface area (Å²) in [4.78, 5) is 0. The van der Waals surface area contributed by atoms with Crippen molar-refractivity contribution in [3.05, 3.63) is 0 Å². The van der Waals surface area contributed by atoms with Crippen molar-refractivity contribution in [2.75, 3.05) is 0 Å². The number of aliphatic hydroxyl groups is 1. The van der Waals surface area contributed by atoms with Crippen LogP contribution < -0.4 is 5.73 Å². The molecule has 2 fully saturated rings. The first-order valence-corrected chi connectivity index (χ1v) is 6.19. The van der Waals surface area contributed by atoms with E-state index in [2.05, 4.69) is 0 Å². The van der Waals surface area contributed by atoms with Crippen molar-refractivity contribution in [1.29, 1.82) is 0 Å². The molecular formula is C12H23NO. The van der Waals surface area contributed by atoms with Gasteiger partial charge in [-0.05, 0) is 37.0 Å². The summed E-state index contributed by atoms with van der Waals surface area (Å²) in [5, 5.41) is 9.18. The van der Waals surface area contributed by atoms with E-state index < -0.39 is 6.23 Å². The minimum absolute atomic E-state index is 0.583. The third-order valence-corrected chi connectivity index (χ3v) is 4.22. The molecule has 4 unspecified atom stereocenters. The van der Waals surface area contributed by atoms with Crippen LogP contribution >= 0.6 is 0 Å². The molecule has 14 heavy (non-hydrogen) atoms. The zero-order valence-electron chi connectivity index (χ0n) is 8.99. The first kappa shape index (κ1) is 10.4. The summed E-state index contributed by atoms with van der Waals surface area (Å²) in [5.74, 6) is 2.67. The number of hydrogen-bond acceptors (Lipinski definition) is 2. The van der Waals surface area contributed by atoms with Crippen LogP contribution in [-0.4, -0.2) is 11.3 Å². The van der Waals surface area contributed by atoms with Gasteiger partial charge in [-0.25, -0.2) is 0 Å². The van der Waals surface area contributed by atoms with E-state index >= 15 is 0 Å². The smallest absolute Gasteiger partial charge is 0.102 e. The average molecular weight is 197 g/mol. The van der Waals surface area contributed by atoms with Gasteiger partial charge in [0, 0.05) is 0 Å². The molecule has 0 radical (unpaired) electrons. The van der Waals surface area contributed by atoms with Crippen LogP contribution in [0.25, 0.3) is 0 Å². The predicted molar refractivity (Wildman–Crippen MR) is 57.6 cm³/mol. The van der Waals surface area contributed by atoms with Gasteiger partial charge in [0.1, 0.15) is 6.23 Å². The molecule has 0 saturated heterocycles. The second kappa shape index (κ2) is 4.63. The molecule has 0 aliphatic heterocycles. The fraction of sp³-hybridized carbons (Fsp3) is 1.00. The van der Waals surface area contributed by atoms with Gasteiger partial charge in [0.05, 0.1) is 0 Å². The van der Waals surface area contributed by atoms with Gasteiger partial charge in [0.25, 0.3) is 0 Å². The fourth-order valence-corrected chi connectivity index (χ4v) is 3.53. The highest BCUT2D eigenvalue weighted by Crippen LogP contribution is 2.43. The van der Waals surface area contributed by atoms with E-state index in [1.807, 2.05) is 0 Å². The van der Waals surface area contributed by atoms with Crippen molar-refractivity contribution in [2.24, 2.45) is 23.5 Å². The molecule has 0 heterocycles. The molecule has 0 bridgehead atoms. The Bertz CT molecular complexity index is 181. The maximum absolute atomic E-state index is 9.18. The Morgan fingerprint density at radius 3 is 2.50 bits per heavy atom. The number of aliphatic hydroxyl groups excluding tert-OH is 1. The summed E-state index contributed by atoms with van der Waals surface area (Å²) < 4.78 is 0. The molecule has 3 N–H and O–H groups in total. The SMILES string of the molecule is NC(O)CC1CCC2CCCCC2C1. The van der Waals surface area contributed by atoms with Crippen molar-refractivity contribution >= 4 is 0 Å². The highest BCUT2D eigenvalue weighted by Gasteiger charge is 2.32. The topological polar surface area (TPSA) is 46.2 Å². The van der Waals surface area contributed by atoms with Gasteiger partial charge in [-0.3, -0.25) is 0 Å². The van der Waals surface area contributed by atoms with Crippen LogP contribution in [-0.2, 0) is 0 Å². The molecule has 0 spiro atoms. The highest BCUT2D eigenvalue weighted by atomic mass is 16.3. The summed E-state index contributed by atoms with van der Waals surface area (Å²) in [6, 6.07) is 0. The summed E-state index contributed by atoms with van der Waals surface area (Å²) in [5.41, 5.74) is 5.45. The largest absolute Gasteiger partial charge is 0.379 e. The third-order valence-electron chi connectivity index (χ3n) is 4.22. The maximum atomic E-state index is 9.18. The van der Waals surface area contributed by atoms with Crippen molar-refractivity contribution in [2.45, 2.75) is 57.6 Å². The molecule has 0 amide bonds. The Morgan fingerprint density at radius 1 is 1.07 bits per heavy atom. The minimum atomic E-state index is -0.583. The van der Waals surface area contributed by atoms with Crippen LogP contribution in [0.2, 0.25) is 0 Å². The highest BCUT2D eigenvalue weighted by molar-refractivity contribution is 4.83. The number of nitrogens with two attached hydrogens (primary N) is 1. The molecule has 2 aliphatic rings. The number of rotatable bonds is 2. The molecule has 0 aromatic heterocycles. The van der Waals surface area contributed by atoms with E-state index in [1.165, 1.54) is 44.9 Å². The van der Waals surface area contributed by atoms with Gasteiger partial charge < -0.3 is 10.8 Å². The second-order valence-electron chi connectivity index (χ2n) is 5.29. The van der Waals surface area contributed by atoms with Crippen LogP contribution in [0.4, 0.5) is 0 Å². The van der Waals surface area contributed by atoms with E-state index in [4.69, 9.17) is 5.73 Å². The van der Waals surface area contributed by atoms with Gasteiger partial charge in [0.15, 0.2) is 0 Å².